The molecule has 0 amide bonds. The molecule has 0 aliphatic heterocycles. The molecule has 0 aliphatic carbocycles. The average molecular weight is 179 g/mol. The zero-order valence-electron chi connectivity index (χ0n) is 6.57. The molecular weight excluding hydrogens is 173 g/mol. The van der Waals surface area contributed by atoms with E-state index in [1.54, 1.807) is 0 Å². The van der Waals surface area contributed by atoms with Gasteiger partial charge in [0.1, 0.15) is 11.5 Å². The van der Waals surface area contributed by atoms with E-state index in [0.29, 0.717) is 11.5 Å². The SMILES string of the molecule is Nc1cc(-c2ccc(F)cn2)on1. The molecule has 0 saturated heterocycles. The Labute approximate surface area is 73.2 Å². The molecule has 2 heterocycles. The van der Waals surface area contributed by atoms with E-state index in [1.807, 2.05) is 0 Å². The van der Waals surface area contributed by atoms with Crippen molar-refractivity contribution in [1.29, 1.82) is 0 Å². The quantitative estimate of drug-likeness (QED) is 0.719. The molecule has 2 N–H and O–H groups in total. The summed E-state index contributed by atoms with van der Waals surface area (Å²) >= 11 is 0. The van der Waals surface area contributed by atoms with Crippen LogP contribution in [0.4, 0.5) is 10.2 Å². The van der Waals surface area contributed by atoms with Crippen molar-refractivity contribution in [2.24, 2.45) is 0 Å². The van der Waals surface area contributed by atoms with Crippen molar-refractivity contribution in [2.45, 2.75) is 0 Å². The summed E-state index contributed by atoms with van der Waals surface area (Å²) in [5.74, 6) is 0.315. The fourth-order valence-corrected chi connectivity index (χ4v) is 0.931. The number of halogens is 1. The number of aromatic nitrogens is 2. The van der Waals surface area contributed by atoms with Crippen molar-refractivity contribution in [1.82, 2.24) is 10.1 Å². The molecule has 4 nitrogen and oxygen atoms in total. The van der Waals surface area contributed by atoms with E-state index in [0.717, 1.165) is 6.20 Å². The number of nitrogens with zero attached hydrogens (tertiary/aromatic N) is 2. The Kier molecular flexibility index (Phi) is 1.70. The Morgan fingerprint density at radius 1 is 1.38 bits per heavy atom. The largest absolute Gasteiger partial charge is 0.381 e. The van der Waals surface area contributed by atoms with E-state index in [4.69, 9.17) is 10.3 Å². The van der Waals surface area contributed by atoms with E-state index in [-0.39, 0.29) is 5.82 Å². The first kappa shape index (κ1) is 7.72. The second-order valence-corrected chi connectivity index (χ2v) is 2.48. The van der Waals surface area contributed by atoms with Gasteiger partial charge in [0.25, 0.3) is 0 Å². The van der Waals surface area contributed by atoms with Crippen LogP contribution in [0, 0.1) is 5.82 Å². The Balaban J connectivity index is 2.41. The van der Waals surface area contributed by atoms with Crippen LogP contribution in [0.2, 0.25) is 0 Å². The molecule has 5 heteroatoms. The number of hydrogen-bond donors (Lipinski definition) is 1. The molecular formula is C8H6FN3O. The van der Waals surface area contributed by atoms with E-state index >= 15 is 0 Å². The lowest BCUT2D eigenvalue weighted by Crippen LogP contribution is -1.82. The van der Waals surface area contributed by atoms with E-state index < -0.39 is 5.82 Å². The van der Waals surface area contributed by atoms with Crippen LogP contribution in [0.15, 0.2) is 28.9 Å². The predicted molar refractivity (Wildman–Crippen MR) is 44.1 cm³/mol. The predicted octanol–water partition coefficient (Wildman–Crippen LogP) is 1.46. The molecule has 0 spiro atoms. The van der Waals surface area contributed by atoms with Crippen molar-refractivity contribution < 1.29 is 8.91 Å². The topological polar surface area (TPSA) is 64.9 Å². The van der Waals surface area contributed by atoms with Gasteiger partial charge >= 0.3 is 0 Å². The molecule has 0 radical (unpaired) electrons. The molecule has 0 bridgehead atoms. The Morgan fingerprint density at radius 2 is 2.23 bits per heavy atom. The fourth-order valence-electron chi connectivity index (χ4n) is 0.931. The van der Waals surface area contributed by atoms with Crippen LogP contribution in [0.3, 0.4) is 0 Å². The zero-order valence-corrected chi connectivity index (χ0v) is 6.57. The van der Waals surface area contributed by atoms with Gasteiger partial charge < -0.3 is 10.3 Å². The molecule has 0 atom stereocenters. The van der Waals surface area contributed by atoms with Gasteiger partial charge in [-0.1, -0.05) is 5.16 Å². The minimum Gasteiger partial charge on any atom is -0.381 e. The lowest BCUT2D eigenvalue weighted by atomic mass is 10.3. The fraction of sp³-hybridized carbons (Fsp3) is 0. The van der Waals surface area contributed by atoms with Crippen LogP contribution in [0.5, 0.6) is 0 Å². The highest BCUT2D eigenvalue weighted by Gasteiger charge is 2.05. The molecule has 0 fully saturated rings. The highest BCUT2D eigenvalue weighted by Crippen LogP contribution is 2.18. The summed E-state index contributed by atoms with van der Waals surface area (Å²) in [6.07, 6.45) is 1.11. The van der Waals surface area contributed by atoms with Gasteiger partial charge in [-0.2, -0.15) is 0 Å². The summed E-state index contributed by atoms with van der Waals surface area (Å²) in [5.41, 5.74) is 5.84. The van der Waals surface area contributed by atoms with Crippen LogP contribution >= 0.6 is 0 Å². The van der Waals surface area contributed by atoms with Crippen molar-refractivity contribution in [3.63, 3.8) is 0 Å². The van der Waals surface area contributed by atoms with Crippen LogP contribution in [-0.2, 0) is 0 Å². The normalized spacial score (nSPS) is 10.2. The first-order chi connectivity index (χ1) is 6.25. The molecule has 13 heavy (non-hydrogen) atoms. The summed E-state index contributed by atoms with van der Waals surface area (Å²) in [7, 11) is 0. The molecule has 0 aromatic carbocycles. The van der Waals surface area contributed by atoms with Crippen molar-refractivity contribution in [2.75, 3.05) is 5.73 Å². The van der Waals surface area contributed by atoms with Gasteiger partial charge in [0.05, 0.1) is 6.20 Å². The maximum Gasteiger partial charge on any atom is 0.187 e. The van der Waals surface area contributed by atoms with Gasteiger partial charge in [-0.05, 0) is 12.1 Å². The van der Waals surface area contributed by atoms with Gasteiger partial charge in [0.2, 0.25) is 0 Å². The molecule has 2 aromatic heterocycles. The highest BCUT2D eigenvalue weighted by atomic mass is 19.1. The number of anilines is 1. The van der Waals surface area contributed by atoms with Gasteiger partial charge in [-0.15, -0.1) is 0 Å². The third-order valence-electron chi connectivity index (χ3n) is 1.51. The van der Waals surface area contributed by atoms with Crippen molar-refractivity contribution in [3.8, 4) is 11.5 Å². The summed E-state index contributed by atoms with van der Waals surface area (Å²) in [4.78, 5) is 3.80. The lowest BCUT2D eigenvalue weighted by molar-refractivity contribution is 0.434. The van der Waals surface area contributed by atoms with E-state index in [2.05, 4.69) is 10.1 Å². The smallest absolute Gasteiger partial charge is 0.187 e. The first-order valence-corrected chi connectivity index (χ1v) is 3.60. The molecule has 66 valence electrons. The second-order valence-electron chi connectivity index (χ2n) is 2.48. The van der Waals surface area contributed by atoms with E-state index in [9.17, 15) is 4.39 Å². The van der Waals surface area contributed by atoms with Crippen LogP contribution in [0.1, 0.15) is 0 Å². The zero-order chi connectivity index (χ0) is 9.26. The molecule has 2 rings (SSSR count). The standard InChI is InChI=1S/C8H6FN3O/c9-5-1-2-6(11-4-5)7-3-8(10)12-13-7/h1-4H,(H2,10,12). The number of nitrogens with two attached hydrogens (primary N) is 1. The van der Waals surface area contributed by atoms with Gasteiger partial charge in [0, 0.05) is 6.07 Å². The summed E-state index contributed by atoms with van der Waals surface area (Å²) in [6.45, 7) is 0. The van der Waals surface area contributed by atoms with Gasteiger partial charge in [-0.25, -0.2) is 9.37 Å². The van der Waals surface area contributed by atoms with Crippen molar-refractivity contribution in [3.05, 3.63) is 30.2 Å². The number of pyridine rings is 1. The van der Waals surface area contributed by atoms with Gasteiger partial charge in [0.15, 0.2) is 11.6 Å². The minimum atomic E-state index is -0.392. The summed E-state index contributed by atoms with van der Waals surface area (Å²) in [5, 5.41) is 3.48. The molecule has 0 aliphatic rings. The lowest BCUT2D eigenvalue weighted by Gasteiger charge is -1.92. The average Bonchev–Trinajstić information content (AvgIpc) is 2.53. The molecule has 0 unspecified atom stereocenters. The van der Waals surface area contributed by atoms with Crippen LogP contribution in [0.25, 0.3) is 11.5 Å². The monoisotopic (exact) mass is 179 g/mol. The van der Waals surface area contributed by atoms with E-state index in [1.165, 1.54) is 18.2 Å². The van der Waals surface area contributed by atoms with Crippen LogP contribution in [-0.4, -0.2) is 10.1 Å². The Hall–Kier alpha value is -1.91. The number of rotatable bonds is 1. The molecule has 2 aromatic rings. The number of nitrogen functional groups attached to an aromatic ring is 1. The van der Waals surface area contributed by atoms with Crippen molar-refractivity contribution >= 4 is 5.82 Å². The Bertz CT molecular complexity index is 410. The maximum absolute atomic E-state index is 12.5. The second kappa shape index (κ2) is 2.85. The molecule has 0 saturated carbocycles. The maximum atomic E-state index is 12.5. The third kappa shape index (κ3) is 1.48. The minimum absolute atomic E-state index is 0.279. The first-order valence-electron chi connectivity index (χ1n) is 3.60. The Morgan fingerprint density at radius 3 is 2.77 bits per heavy atom. The summed E-state index contributed by atoms with van der Waals surface area (Å²) < 4.78 is 17.3. The van der Waals surface area contributed by atoms with Crippen LogP contribution < -0.4 is 5.73 Å². The highest BCUT2D eigenvalue weighted by molar-refractivity contribution is 5.54. The summed E-state index contributed by atoms with van der Waals surface area (Å²) in [6, 6.07) is 4.32. The van der Waals surface area contributed by atoms with Gasteiger partial charge in [-0.3, -0.25) is 0 Å². The third-order valence-corrected chi connectivity index (χ3v) is 1.51. The number of hydrogen-bond acceptors (Lipinski definition) is 4.